The molecule has 0 spiro atoms. The number of hydrogen-bond acceptors (Lipinski definition) is 6. The Morgan fingerprint density at radius 1 is 1.61 bits per heavy atom. The van der Waals surface area contributed by atoms with Crippen molar-refractivity contribution in [3.63, 3.8) is 0 Å². The molecule has 18 heavy (non-hydrogen) atoms. The molecule has 1 fully saturated rings. The molecule has 6 heteroatoms. The van der Waals surface area contributed by atoms with E-state index in [-0.39, 0.29) is 6.10 Å². The van der Waals surface area contributed by atoms with Crippen LogP contribution in [0.3, 0.4) is 0 Å². The van der Waals surface area contributed by atoms with Gasteiger partial charge in [0.1, 0.15) is 17.7 Å². The molecule has 1 aliphatic carbocycles. The molecular formula is C12H15N3O2S. The molecule has 2 aromatic rings. The van der Waals surface area contributed by atoms with Gasteiger partial charge in [-0.1, -0.05) is 0 Å². The van der Waals surface area contributed by atoms with Gasteiger partial charge in [0.15, 0.2) is 0 Å². The number of anilines is 1. The Morgan fingerprint density at radius 2 is 2.50 bits per heavy atom. The van der Waals surface area contributed by atoms with Gasteiger partial charge in [0, 0.05) is 24.6 Å². The molecule has 1 unspecified atom stereocenters. The average Bonchev–Trinajstić information content (AvgIpc) is 2.93. The summed E-state index contributed by atoms with van der Waals surface area (Å²) in [5, 5.41) is 4.10. The van der Waals surface area contributed by atoms with Crippen molar-refractivity contribution in [2.24, 2.45) is 0 Å². The van der Waals surface area contributed by atoms with E-state index >= 15 is 0 Å². The molecule has 1 atom stereocenters. The molecule has 3 rings (SSSR count). The maximum atomic E-state index is 5.38. The second kappa shape index (κ2) is 5.07. The lowest BCUT2D eigenvalue weighted by Gasteiger charge is -2.12. The van der Waals surface area contributed by atoms with Gasteiger partial charge in [-0.15, -0.1) is 0 Å². The van der Waals surface area contributed by atoms with E-state index in [2.05, 4.69) is 14.7 Å². The van der Waals surface area contributed by atoms with Gasteiger partial charge in [-0.25, -0.2) is 4.98 Å². The first-order valence-corrected chi connectivity index (χ1v) is 6.78. The molecule has 5 nitrogen and oxygen atoms in total. The molecule has 0 saturated heterocycles. The highest BCUT2D eigenvalue weighted by Gasteiger charge is 2.27. The van der Waals surface area contributed by atoms with Crippen molar-refractivity contribution in [2.75, 3.05) is 19.0 Å². The van der Waals surface area contributed by atoms with E-state index in [0.29, 0.717) is 12.5 Å². The van der Waals surface area contributed by atoms with Gasteiger partial charge in [0.05, 0.1) is 12.8 Å². The topological polar surface area (TPSA) is 60.2 Å². The average molecular weight is 265 g/mol. The molecule has 96 valence electrons. The van der Waals surface area contributed by atoms with Gasteiger partial charge in [-0.05, 0) is 25.0 Å². The quantitative estimate of drug-likeness (QED) is 0.870. The number of nitrogens with one attached hydrogen (secondary N) is 1. The monoisotopic (exact) mass is 265 g/mol. The van der Waals surface area contributed by atoms with Gasteiger partial charge < -0.3 is 14.5 Å². The summed E-state index contributed by atoms with van der Waals surface area (Å²) in [6.45, 7) is 0.628. The van der Waals surface area contributed by atoms with Crippen molar-refractivity contribution in [1.29, 1.82) is 0 Å². The molecule has 0 aromatic carbocycles. The van der Waals surface area contributed by atoms with E-state index in [1.807, 2.05) is 12.1 Å². The largest absolute Gasteiger partial charge is 0.467 e. The van der Waals surface area contributed by atoms with Crippen molar-refractivity contribution in [3.8, 4) is 0 Å². The molecule has 0 radical (unpaired) electrons. The molecular weight excluding hydrogens is 250 g/mol. The fourth-order valence-electron chi connectivity index (χ4n) is 1.77. The van der Waals surface area contributed by atoms with E-state index in [1.54, 1.807) is 13.4 Å². The molecule has 2 heterocycles. The summed E-state index contributed by atoms with van der Waals surface area (Å²) in [6.07, 6.45) is 4.00. The van der Waals surface area contributed by atoms with E-state index in [9.17, 15) is 0 Å². The van der Waals surface area contributed by atoms with E-state index in [0.717, 1.165) is 16.7 Å². The Balaban J connectivity index is 1.58. The summed E-state index contributed by atoms with van der Waals surface area (Å²) in [4.78, 5) is 4.47. The first-order valence-electron chi connectivity index (χ1n) is 6.00. The van der Waals surface area contributed by atoms with Crippen LogP contribution in [0.5, 0.6) is 0 Å². The highest BCUT2D eigenvalue weighted by atomic mass is 32.1. The summed E-state index contributed by atoms with van der Waals surface area (Å²) in [5.74, 6) is 2.39. The third-order valence-corrected chi connectivity index (χ3v) is 3.65. The molecule has 0 amide bonds. The van der Waals surface area contributed by atoms with Crippen molar-refractivity contribution in [1.82, 2.24) is 9.36 Å². The zero-order valence-corrected chi connectivity index (χ0v) is 10.9. The zero-order chi connectivity index (χ0) is 12.4. The van der Waals surface area contributed by atoms with Crippen LogP contribution in [0.15, 0.2) is 22.8 Å². The highest BCUT2D eigenvalue weighted by molar-refractivity contribution is 7.09. The number of nitrogens with zero attached hydrogens (tertiary/aromatic N) is 2. The second-order valence-electron chi connectivity index (χ2n) is 4.35. The van der Waals surface area contributed by atoms with Crippen LogP contribution in [-0.2, 0) is 4.74 Å². The van der Waals surface area contributed by atoms with E-state index in [4.69, 9.17) is 9.15 Å². The van der Waals surface area contributed by atoms with Gasteiger partial charge in [0.2, 0.25) is 5.13 Å². The summed E-state index contributed by atoms with van der Waals surface area (Å²) < 4.78 is 15.1. The van der Waals surface area contributed by atoms with Crippen molar-refractivity contribution in [2.45, 2.75) is 24.9 Å². The summed E-state index contributed by atoms with van der Waals surface area (Å²) in [6, 6.07) is 3.77. The van der Waals surface area contributed by atoms with Gasteiger partial charge >= 0.3 is 0 Å². The minimum atomic E-state index is -0.103. The van der Waals surface area contributed by atoms with E-state index in [1.165, 1.54) is 24.4 Å². The lowest BCUT2D eigenvalue weighted by atomic mass is 10.3. The lowest BCUT2D eigenvalue weighted by Crippen LogP contribution is -2.13. The minimum absolute atomic E-state index is 0.103. The predicted molar refractivity (Wildman–Crippen MR) is 68.8 cm³/mol. The van der Waals surface area contributed by atoms with Gasteiger partial charge in [0.25, 0.3) is 0 Å². The molecule has 0 bridgehead atoms. The smallest absolute Gasteiger partial charge is 0.202 e. The number of methoxy groups -OCH3 is 1. The van der Waals surface area contributed by atoms with Crippen LogP contribution in [0.4, 0.5) is 5.13 Å². The lowest BCUT2D eigenvalue weighted by molar-refractivity contribution is 0.0943. The normalized spacial score (nSPS) is 16.7. The third-order valence-electron chi connectivity index (χ3n) is 2.97. The Hall–Kier alpha value is -1.40. The van der Waals surface area contributed by atoms with Crippen molar-refractivity contribution in [3.05, 3.63) is 30.0 Å². The van der Waals surface area contributed by atoms with E-state index < -0.39 is 0 Å². The SMILES string of the molecule is COC(CNc1nc(C2CC2)ns1)c1ccco1. The maximum absolute atomic E-state index is 5.38. The minimum Gasteiger partial charge on any atom is -0.467 e. The first kappa shape index (κ1) is 11.7. The van der Waals surface area contributed by atoms with Gasteiger partial charge in [-0.3, -0.25) is 0 Å². The van der Waals surface area contributed by atoms with Crippen LogP contribution in [-0.4, -0.2) is 23.0 Å². The number of aromatic nitrogens is 2. The molecule has 0 aliphatic heterocycles. The molecule has 2 aromatic heterocycles. The molecule has 1 aliphatic rings. The Bertz CT molecular complexity index is 493. The standard InChI is InChI=1S/C12H15N3O2S/c1-16-10(9-3-2-6-17-9)7-13-12-14-11(15-18-12)8-4-5-8/h2-3,6,8,10H,4-5,7H2,1H3,(H,13,14,15). The Morgan fingerprint density at radius 3 is 3.17 bits per heavy atom. The number of furan rings is 1. The molecule has 1 saturated carbocycles. The second-order valence-corrected chi connectivity index (χ2v) is 5.10. The van der Waals surface area contributed by atoms with Crippen LogP contribution in [0, 0.1) is 0 Å². The fraction of sp³-hybridized carbons (Fsp3) is 0.500. The first-order chi connectivity index (χ1) is 8.86. The number of rotatable bonds is 6. The zero-order valence-electron chi connectivity index (χ0n) is 10.1. The highest BCUT2D eigenvalue weighted by Crippen LogP contribution is 2.39. The Kier molecular flexibility index (Phi) is 3.29. The predicted octanol–water partition coefficient (Wildman–Crippen LogP) is 2.81. The maximum Gasteiger partial charge on any atom is 0.202 e. The van der Waals surface area contributed by atoms with Crippen LogP contribution >= 0.6 is 11.5 Å². The number of ether oxygens (including phenoxy) is 1. The van der Waals surface area contributed by atoms with Gasteiger partial charge in [-0.2, -0.15) is 4.37 Å². The van der Waals surface area contributed by atoms with Crippen molar-refractivity contribution < 1.29 is 9.15 Å². The number of hydrogen-bond donors (Lipinski definition) is 1. The van der Waals surface area contributed by atoms with Crippen LogP contribution < -0.4 is 5.32 Å². The van der Waals surface area contributed by atoms with Crippen molar-refractivity contribution >= 4 is 16.7 Å². The summed E-state index contributed by atoms with van der Waals surface area (Å²) in [5.41, 5.74) is 0. The Labute approximate surface area is 109 Å². The van der Waals surface area contributed by atoms with Crippen LogP contribution in [0.25, 0.3) is 0 Å². The fourth-order valence-corrected chi connectivity index (χ4v) is 2.42. The molecule has 1 N–H and O–H groups in total. The van der Waals surface area contributed by atoms with Crippen LogP contribution in [0.2, 0.25) is 0 Å². The van der Waals surface area contributed by atoms with Crippen LogP contribution in [0.1, 0.15) is 36.4 Å². The summed E-state index contributed by atoms with van der Waals surface area (Å²) >= 11 is 1.41. The summed E-state index contributed by atoms with van der Waals surface area (Å²) in [7, 11) is 1.67. The third kappa shape index (κ3) is 2.54.